The fourth-order valence-corrected chi connectivity index (χ4v) is 3.21. The molecule has 0 fully saturated rings. The molecule has 0 aromatic heterocycles. The molecule has 2 aromatic carbocycles. The van der Waals surface area contributed by atoms with E-state index in [-0.39, 0.29) is 10.8 Å². The molecule has 0 saturated carbocycles. The molecule has 1 N–H and O–H groups in total. The molecule has 2 nitrogen and oxygen atoms in total. The molecular formula is C19H21F2NOS. The monoisotopic (exact) mass is 349 g/mol. The maximum absolute atomic E-state index is 13.7. The van der Waals surface area contributed by atoms with Crippen LogP contribution in [0.15, 0.2) is 47.4 Å². The molecule has 24 heavy (non-hydrogen) atoms. The lowest BCUT2D eigenvalue weighted by molar-refractivity contribution is -0.115. The standard InChI is InChI=1S/C19H21F2NOS/c1-4-12(2)15-7-5-6-8-17(15)22-19(23)13(3)24-18-11-14(20)9-10-16(18)21/h5-13H,4H2,1-3H3,(H,22,23)/t12-,13-/m1/s1. The predicted molar refractivity (Wildman–Crippen MR) is 95.5 cm³/mol. The van der Waals surface area contributed by atoms with E-state index in [0.717, 1.165) is 47.6 Å². The number of hydrogen-bond acceptors (Lipinski definition) is 2. The summed E-state index contributed by atoms with van der Waals surface area (Å²) >= 11 is 1.00. The van der Waals surface area contributed by atoms with Crippen LogP contribution < -0.4 is 5.32 Å². The Hall–Kier alpha value is -1.88. The summed E-state index contributed by atoms with van der Waals surface area (Å²) in [6.45, 7) is 5.87. The van der Waals surface area contributed by atoms with Crippen molar-refractivity contribution in [1.82, 2.24) is 0 Å². The lowest BCUT2D eigenvalue weighted by Gasteiger charge is -2.18. The predicted octanol–water partition coefficient (Wildman–Crippen LogP) is 5.60. The summed E-state index contributed by atoms with van der Waals surface area (Å²) in [5, 5.41) is 2.35. The molecule has 1 amide bonds. The van der Waals surface area contributed by atoms with Gasteiger partial charge in [0.15, 0.2) is 0 Å². The van der Waals surface area contributed by atoms with Crippen LogP contribution in [0, 0.1) is 11.6 Å². The van der Waals surface area contributed by atoms with Gasteiger partial charge in [0.1, 0.15) is 11.6 Å². The molecule has 128 valence electrons. The number of anilines is 1. The van der Waals surface area contributed by atoms with Crippen LogP contribution in [-0.2, 0) is 4.79 Å². The van der Waals surface area contributed by atoms with Crippen molar-refractivity contribution in [2.45, 2.75) is 43.3 Å². The Kier molecular flexibility index (Phi) is 6.37. The van der Waals surface area contributed by atoms with Gasteiger partial charge in [-0.1, -0.05) is 32.0 Å². The summed E-state index contributed by atoms with van der Waals surface area (Å²) in [6, 6.07) is 10.9. The first-order valence-corrected chi connectivity index (χ1v) is 8.81. The van der Waals surface area contributed by atoms with Gasteiger partial charge < -0.3 is 5.32 Å². The lowest BCUT2D eigenvalue weighted by atomic mass is 9.97. The van der Waals surface area contributed by atoms with Crippen molar-refractivity contribution in [3.63, 3.8) is 0 Å². The zero-order chi connectivity index (χ0) is 17.7. The molecule has 2 atom stereocenters. The second-order valence-corrected chi connectivity index (χ2v) is 7.10. The molecule has 0 unspecified atom stereocenters. The molecule has 0 saturated heterocycles. The number of halogens is 2. The minimum Gasteiger partial charge on any atom is -0.325 e. The molecular weight excluding hydrogens is 328 g/mol. The van der Waals surface area contributed by atoms with E-state index in [4.69, 9.17) is 0 Å². The third-order valence-corrected chi connectivity index (χ3v) is 5.06. The van der Waals surface area contributed by atoms with Gasteiger partial charge in [-0.25, -0.2) is 8.78 Å². The van der Waals surface area contributed by atoms with Crippen molar-refractivity contribution >= 4 is 23.4 Å². The summed E-state index contributed by atoms with van der Waals surface area (Å²) in [4.78, 5) is 12.6. The molecule has 0 bridgehead atoms. The average Bonchev–Trinajstić information content (AvgIpc) is 2.57. The van der Waals surface area contributed by atoms with Gasteiger partial charge >= 0.3 is 0 Å². The Labute approximate surface area is 145 Å². The van der Waals surface area contributed by atoms with Gasteiger partial charge in [0.2, 0.25) is 5.91 Å². The summed E-state index contributed by atoms with van der Waals surface area (Å²) in [6.07, 6.45) is 0.964. The zero-order valence-electron chi connectivity index (χ0n) is 14.0. The van der Waals surface area contributed by atoms with Crippen LogP contribution in [-0.4, -0.2) is 11.2 Å². The van der Waals surface area contributed by atoms with Crippen LogP contribution in [0.2, 0.25) is 0 Å². The van der Waals surface area contributed by atoms with E-state index >= 15 is 0 Å². The van der Waals surface area contributed by atoms with Crippen LogP contribution in [0.1, 0.15) is 38.7 Å². The van der Waals surface area contributed by atoms with E-state index in [0.29, 0.717) is 5.92 Å². The lowest BCUT2D eigenvalue weighted by Crippen LogP contribution is -2.23. The van der Waals surface area contributed by atoms with E-state index < -0.39 is 16.9 Å². The molecule has 0 radical (unpaired) electrons. The van der Waals surface area contributed by atoms with Crippen molar-refractivity contribution in [3.8, 4) is 0 Å². The number of amides is 1. The van der Waals surface area contributed by atoms with Gasteiger partial charge in [0, 0.05) is 10.6 Å². The Morgan fingerprint density at radius 3 is 2.58 bits per heavy atom. The number of benzene rings is 2. The van der Waals surface area contributed by atoms with Crippen molar-refractivity contribution in [2.24, 2.45) is 0 Å². The summed E-state index contributed by atoms with van der Waals surface area (Å²) in [5.41, 5.74) is 1.84. The van der Waals surface area contributed by atoms with Crippen LogP contribution in [0.3, 0.4) is 0 Å². The van der Waals surface area contributed by atoms with E-state index in [9.17, 15) is 13.6 Å². The van der Waals surface area contributed by atoms with E-state index in [1.165, 1.54) is 0 Å². The molecule has 0 aliphatic carbocycles. The first-order chi connectivity index (χ1) is 11.4. The second-order valence-electron chi connectivity index (χ2n) is 5.72. The van der Waals surface area contributed by atoms with Crippen LogP contribution in [0.25, 0.3) is 0 Å². The topological polar surface area (TPSA) is 29.1 Å². The molecule has 5 heteroatoms. The fourth-order valence-electron chi connectivity index (χ4n) is 2.31. The summed E-state index contributed by atoms with van der Waals surface area (Å²) in [7, 11) is 0. The number of carbonyl (C=O) groups is 1. The third-order valence-electron chi connectivity index (χ3n) is 3.93. The van der Waals surface area contributed by atoms with Crippen LogP contribution >= 0.6 is 11.8 Å². The molecule has 2 aromatic rings. The van der Waals surface area contributed by atoms with Crippen molar-refractivity contribution in [1.29, 1.82) is 0 Å². The number of nitrogens with one attached hydrogen (secondary N) is 1. The van der Waals surface area contributed by atoms with Gasteiger partial charge in [-0.05, 0) is 49.1 Å². The minimum absolute atomic E-state index is 0.132. The van der Waals surface area contributed by atoms with Gasteiger partial charge in [0.05, 0.1) is 5.25 Å². The number of para-hydroxylation sites is 1. The number of rotatable bonds is 6. The summed E-state index contributed by atoms with van der Waals surface area (Å²) in [5.74, 6) is -0.959. The Balaban J connectivity index is 2.11. The highest BCUT2D eigenvalue weighted by atomic mass is 32.2. The smallest absolute Gasteiger partial charge is 0.237 e. The van der Waals surface area contributed by atoms with Gasteiger partial charge in [0.25, 0.3) is 0 Å². The highest BCUT2D eigenvalue weighted by Crippen LogP contribution is 2.30. The molecule has 0 spiro atoms. The third kappa shape index (κ3) is 4.57. The molecule has 0 aliphatic heterocycles. The Morgan fingerprint density at radius 1 is 1.17 bits per heavy atom. The van der Waals surface area contributed by atoms with E-state index in [1.54, 1.807) is 6.92 Å². The quantitative estimate of drug-likeness (QED) is 0.688. The number of carbonyl (C=O) groups excluding carboxylic acids is 1. The molecule has 2 rings (SSSR count). The molecule has 0 heterocycles. The van der Waals surface area contributed by atoms with E-state index in [2.05, 4.69) is 19.2 Å². The Bertz CT molecular complexity index is 720. The van der Waals surface area contributed by atoms with Crippen LogP contribution in [0.5, 0.6) is 0 Å². The van der Waals surface area contributed by atoms with Gasteiger partial charge in [-0.15, -0.1) is 11.8 Å². The van der Waals surface area contributed by atoms with Crippen molar-refractivity contribution < 1.29 is 13.6 Å². The SMILES string of the molecule is CC[C@@H](C)c1ccccc1NC(=O)[C@@H](C)Sc1cc(F)ccc1F. The minimum atomic E-state index is -0.550. The second kappa shape index (κ2) is 8.29. The highest BCUT2D eigenvalue weighted by Gasteiger charge is 2.19. The first-order valence-electron chi connectivity index (χ1n) is 7.93. The first kappa shape index (κ1) is 18.5. The zero-order valence-corrected chi connectivity index (χ0v) is 14.8. The number of hydrogen-bond donors (Lipinski definition) is 1. The average molecular weight is 349 g/mol. The van der Waals surface area contributed by atoms with Crippen molar-refractivity contribution in [2.75, 3.05) is 5.32 Å². The number of thioether (sulfide) groups is 1. The largest absolute Gasteiger partial charge is 0.325 e. The molecule has 0 aliphatic rings. The fraction of sp³-hybridized carbons (Fsp3) is 0.316. The van der Waals surface area contributed by atoms with Crippen molar-refractivity contribution in [3.05, 3.63) is 59.7 Å². The maximum Gasteiger partial charge on any atom is 0.237 e. The van der Waals surface area contributed by atoms with Gasteiger partial charge in [-0.2, -0.15) is 0 Å². The Morgan fingerprint density at radius 2 is 1.88 bits per heavy atom. The highest BCUT2D eigenvalue weighted by molar-refractivity contribution is 8.00. The maximum atomic E-state index is 13.7. The normalized spacial score (nSPS) is 13.4. The van der Waals surface area contributed by atoms with E-state index in [1.807, 2.05) is 24.3 Å². The summed E-state index contributed by atoms with van der Waals surface area (Å²) < 4.78 is 27.0. The van der Waals surface area contributed by atoms with Gasteiger partial charge in [-0.3, -0.25) is 4.79 Å². The van der Waals surface area contributed by atoms with Crippen LogP contribution in [0.4, 0.5) is 14.5 Å².